The van der Waals surface area contributed by atoms with Crippen LogP contribution in [0.5, 0.6) is 0 Å². The fourth-order valence-corrected chi connectivity index (χ4v) is 4.44. The van der Waals surface area contributed by atoms with E-state index in [0.717, 1.165) is 0 Å². The van der Waals surface area contributed by atoms with Crippen LogP contribution in [0.25, 0.3) is 5.57 Å². The van der Waals surface area contributed by atoms with Crippen LogP contribution < -0.4 is 4.72 Å². The summed E-state index contributed by atoms with van der Waals surface area (Å²) in [5, 5.41) is 9.36. The van der Waals surface area contributed by atoms with Crippen molar-refractivity contribution in [2.24, 2.45) is 0 Å². The Hall–Kier alpha value is -3.04. The van der Waals surface area contributed by atoms with Crippen molar-refractivity contribution < 1.29 is 32.2 Å². The lowest BCUT2D eigenvalue weighted by Crippen LogP contribution is -2.40. The Morgan fingerprint density at radius 2 is 1.50 bits per heavy atom. The van der Waals surface area contributed by atoms with Crippen molar-refractivity contribution in [2.75, 3.05) is 6.61 Å². The molecule has 0 fully saturated rings. The Labute approximate surface area is 187 Å². The van der Waals surface area contributed by atoms with E-state index in [1.807, 2.05) is 0 Å². The Kier molecular flexibility index (Phi) is 7.92. The monoisotopic (exact) mass is 463 g/mol. The Bertz CT molecular complexity index is 1110. The minimum absolute atomic E-state index is 0.00514. The standard InChI is InChI=1S/C23H26FNO6S/c1-5-31-22(28)19(14-20(26)27)21(15-6-10-17(24)11-7-15)16-8-12-18(13-9-16)32(29,30)25-23(2,3)4/h6-13,25H,5,14H2,1-4H3,(H,26,27)/b21-19+. The van der Waals surface area contributed by atoms with Crippen LogP contribution in [-0.4, -0.2) is 37.6 Å². The summed E-state index contributed by atoms with van der Waals surface area (Å²) in [5.41, 5.74) is 0.178. The summed E-state index contributed by atoms with van der Waals surface area (Å²) in [4.78, 5) is 24.1. The number of ether oxygens (including phenoxy) is 1. The van der Waals surface area contributed by atoms with Gasteiger partial charge in [-0.25, -0.2) is 22.3 Å². The molecule has 0 aliphatic rings. The lowest BCUT2D eigenvalue weighted by molar-refractivity contribution is -0.142. The molecule has 0 radical (unpaired) electrons. The van der Waals surface area contributed by atoms with Crippen molar-refractivity contribution in [3.8, 4) is 0 Å². The highest BCUT2D eigenvalue weighted by Gasteiger charge is 2.25. The van der Waals surface area contributed by atoms with Crippen LogP contribution in [0.3, 0.4) is 0 Å². The first kappa shape index (κ1) is 25.2. The van der Waals surface area contributed by atoms with Gasteiger partial charge in [-0.05, 0) is 68.7 Å². The summed E-state index contributed by atoms with van der Waals surface area (Å²) in [6, 6.07) is 10.9. The second kappa shape index (κ2) is 10.1. The lowest BCUT2D eigenvalue weighted by atomic mass is 9.91. The van der Waals surface area contributed by atoms with Gasteiger partial charge in [0.2, 0.25) is 10.0 Å². The number of carboxylic acids is 1. The number of carboxylic acid groups (broad SMARTS) is 1. The van der Waals surface area contributed by atoms with Gasteiger partial charge >= 0.3 is 11.9 Å². The third-order valence-corrected chi connectivity index (χ3v) is 5.95. The zero-order valence-electron chi connectivity index (χ0n) is 18.3. The van der Waals surface area contributed by atoms with Crippen LogP contribution >= 0.6 is 0 Å². The largest absolute Gasteiger partial charge is 0.481 e. The first-order valence-corrected chi connectivity index (χ1v) is 11.3. The number of carbonyl (C=O) groups is 2. The molecule has 9 heteroatoms. The molecule has 0 aliphatic heterocycles. The van der Waals surface area contributed by atoms with Gasteiger partial charge in [0.25, 0.3) is 0 Å². The molecule has 0 heterocycles. The molecular weight excluding hydrogens is 437 g/mol. The fourth-order valence-electron chi connectivity index (χ4n) is 3.03. The Morgan fingerprint density at radius 3 is 1.94 bits per heavy atom. The molecule has 0 saturated carbocycles. The summed E-state index contributed by atoms with van der Waals surface area (Å²) in [5.74, 6) is -2.57. The molecule has 0 saturated heterocycles. The highest BCUT2D eigenvalue weighted by Crippen LogP contribution is 2.30. The maximum absolute atomic E-state index is 13.5. The van der Waals surface area contributed by atoms with E-state index in [0.29, 0.717) is 11.1 Å². The highest BCUT2D eigenvalue weighted by atomic mass is 32.2. The molecule has 7 nitrogen and oxygen atoms in total. The van der Waals surface area contributed by atoms with Crippen LogP contribution in [0, 0.1) is 5.82 Å². The van der Waals surface area contributed by atoms with Gasteiger partial charge < -0.3 is 9.84 Å². The van der Waals surface area contributed by atoms with Crippen LogP contribution in [0.1, 0.15) is 45.2 Å². The van der Waals surface area contributed by atoms with Crippen molar-refractivity contribution in [2.45, 2.75) is 44.6 Å². The normalized spacial score (nSPS) is 12.8. The number of carbonyl (C=O) groups excluding carboxylic acids is 1. The summed E-state index contributed by atoms with van der Waals surface area (Å²) < 4.78 is 46.3. The molecule has 172 valence electrons. The summed E-state index contributed by atoms with van der Waals surface area (Å²) in [7, 11) is -3.80. The second-order valence-corrected chi connectivity index (χ2v) is 9.71. The van der Waals surface area contributed by atoms with Gasteiger partial charge in [0.05, 0.1) is 23.5 Å². The molecule has 0 unspecified atom stereocenters. The van der Waals surface area contributed by atoms with E-state index in [-0.39, 0.29) is 22.6 Å². The van der Waals surface area contributed by atoms with E-state index in [4.69, 9.17) is 4.74 Å². The predicted octanol–water partition coefficient (Wildman–Crippen LogP) is 3.74. The Morgan fingerprint density at radius 1 is 1.00 bits per heavy atom. The van der Waals surface area contributed by atoms with Crippen molar-refractivity contribution in [3.63, 3.8) is 0 Å². The molecule has 0 aliphatic carbocycles. The Balaban J connectivity index is 2.68. The van der Waals surface area contributed by atoms with Gasteiger partial charge in [0, 0.05) is 5.54 Å². The first-order chi connectivity index (χ1) is 14.8. The lowest BCUT2D eigenvalue weighted by Gasteiger charge is -2.20. The van der Waals surface area contributed by atoms with Gasteiger partial charge in [-0.15, -0.1) is 0 Å². The zero-order valence-corrected chi connectivity index (χ0v) is 19.1. The second-order valence-electron chi connectivity index (χ2n) is 8.03. The maximum Gasteiger partial charge on any atom is 0.335 e. The zero-order chi connectivity index (χ0) is 24.1. The molecule has 0 amide bonds. The maximum atomic E-state index is 13.5. The predicted molar refractivity (Wildman–Crippen MR) is 118 cm³/mol. The summed E-state index contributed by atoms with van der Waals surface area (Å²) >= 11 is 0. The minimum Gasteiger partial charge on any atom is -0.481 e. The average Bonchev–Trinajstić information content (AvgIpc) is 2.67. The molecular formula is C23H26FNO6S. The van der Waals surface area contributed by atoms with Gasteiger partial charge in [0.15, 0.2) is 0 Å². The quantitative estimate of drug-likeness (QED) is 0.456. The van der Waals surface area contributed by atoms with E-state index in [2.05, 4.69) is 4.72 Å². The van der Waals surface area contributed by atoms with E-state index in [1.165, 1.54) is 48.5 Å². The molecule has 2 aromatic carbocycles. The molecule has 0 atom stereocenters. The van der Waals surface area contributed by atoms with E-state index < -0.39 is 39.7 Å². The molecule has 32 heavy (non-hydrogen) atoms. The number of benzene rings is 2. The van der Waals surface area contributed by atoms with Crippen LogP contribution in [0.15, 0.2) is 59.0 Å². The van der Waals surface area contributed by atoms with Crippen molar-refractivity contribution in [1.29, 1.82) is 0 Å². The SMILES string of the molecule is CCOC(=O)/C(CC(=O)O)=C(\c1ccc(F)cc1)c1ccc(S(=O)(=O)NC(C)(C)C)cc1. The third-order valence-electron chi connectivity index (χ3n) is 4.18. The van der Waals surface area contributed by atoms with Gasteiger partial charge in [-0.3, -0.25) is 4.79 Å². The topological polar surface area (TPSA) is 110 Å². The average molecular weight is 464 g/mol. The summed E-state index contributed by atoms with van der Waals surface area (Å²) in [6.45, 7) is 6.77. The minimum atomic E-state index is -3.80. The van der Waals surface area contributed by atoms with E-state index in [9.17, 15) is 27.5 Å². The van der Waals surface area contributed by atoms with Gasteiger partial charge in [-0.2, -0.15) is 0 Å². The number of esters is 1. The molecule has 0 aromatic heterocycles. The highest BCUT2D eigenvalue weighted by molar-refractivity contribution is 7.89. The van der Waals surface area contributed by atoms with Crippen LogP contribution in [0.4, 0.5) is 4.39 Å². The number of nitrogens with one attached hydrogen (secondary N) is 1. The molecule has 2 rings (SSSR count). The van der Waals surface area contributed by atoms with Gasteiger partial charge in [0.1, 0.15) is 5.82 Å². The fraction of sp³-hybridized carbons (Fsp3) is 0.304. The van der Waals surface area contributed by atoms with E-state index >= 15 is 0 Å². The molecule has 2 aromatic rings. The number of halogens is 1. The van der Waals surface area contributed by atoms with Crippen LogP contribution in [0.2, 0.25) is 0 Å². The molecule has 0 bridgehead atoms. The molecule has 0 spiro atoms. The first-order valence-electron chi connectivity index (χ1n) is 9.86. The number of aliphatic carboxylic acids is 1. The molecule has 2 N–H and O–H groups in total. The van der Waals surface area contributed by atoms with Gasteiger partial charge in [-0.1, -0.05) is 24.3 Å². The van der Waals surface area contributed by atoms with Crippen molar-refractivity contribution >= 4 is 27.5 Å². The smallest absolute Gasteiger partial charge is 0.335 e. The van der Waals surface area contributed by atoms with Crippen molar-refractivity contribution in [1.82, 2.24) is 4.72 Å². The third kappa shape index (κ3) is 6.73. The number of hydrogen-bond donors (Lipinski definition) is 2. The number of hydrogen-bond acceptors (Lipinski definition) is 5. The van der Waals surface area contributed by atoms with Crippen molar-refractivity contribution in [3.05, 3.63) is 71.0 Å². The summed E-state index contributed by atoms with van der Waals surface area (Å²) in [6.07, 6.45) is -0.628. The number of rotatable bonds is 8. The van der Waals surface area contributed by atoms with E-state index in [1.54, 1.807) is 27.7 Å². The number of sulfonamides is 1. The van der Waals surface area contributed by atoms with Crippen LogP contribution in [-0.2, 0) is 24.3 Å².